The molecular weight excluding hydrogens is 665 g/mol. The van der Waals surface area contributed by atoms with Crippen LogP contribution in [-0.2, 0) is 0 Å². The van der Waals surface area contributed by atoms with E-state index in [1.165, 1.54) is 42.1 Å². The van der Waals surface area contributed by atoms with Gasteiger partial charge in [0.25, 0.3) is 0 Å². The molecule has 0 unspecified atom stereocenters. The molecule has 0 amide bonds. The smallest absolute Gasteiger partial charge is 0.227 e. The molecule has 53 heavy (non-hydrogen) atoms. The first kappa shape index (κ1) is 29.9. The van der Waals surface area contributed by atoms with E-state index in [0.717, 1.165) is 55.3 Å². The summed E-state index contributed by atoms with van der Waals surface area (Å²) < 4.78 is 9.18. The van der Waals surface area contributed by atoms with Crippen LogP contribution in [0.25, 0.3) is 86.2 Å². The largest absolute Gasteiger partial charge is 0.435 e. The summed E-state index contributed by atoms with van der Waals surface area (Å²) in [5, 5.41) is 9.59. The highest BCUT2D eigenvalue weighted by Crippen LogP contribution is 2.47. The van der Waals surface area contributed by atoms with Crippen molar-refractivity contribution in [3.05, 3.63) is 182 Å². The SMILES string of the molecule is c1ccc(-c2nc3ccc4ccc5ccc(N(c6ccccc6)c6ccc7sc8c9ccccc9cc(-c9ccccc9)c8c7c6)cc5c4c3o2)cc1. The van der Waals surface area contributed by atoms with Crippen molar-refractivity contribution in [1.29, 1.82) is 0 Å². The summed E-state index contributed by atoms with van der Waals surface area (Å²) >= 11 is 1.88. The molecule has 0 fully saturated rings. The van der Waals surface area contributed by atoms with Crippen molar-refractivity contribution >= 4 is 92.0 Å². The zero-order chi connectivity index (χ0) is 34.9. The molecule has 0 N–H and O–H groups in total. The molecule has 4 heteroatoms. The number of hydrogen-bond acceptors (Lipinski definition) is 4. The summed E-state index contributed by atoms with van der Waals surface area (Å²) in [7, 11) is 0. The molecule has 0 spiro atoms. The number of thiophene rings is 1. The average Bonchev–Trinajstić information content (AvgIpc) is 3.84. The Morgan fingerprint density at radius 3 is 1.91 bits per heavy atom. The van der Waals surface area contributed by atoms with E-state index in [1.54, 1.807) is 0 Å². The van der Waals surface area contributed by atoms with Gasteiger partial charge in [0.15, 0.2) is 5.58 Å². The Morgan fingerprint density at radius 1 is 0.453 bits per heavy atom. The quantitative estimate of drug-likeness (QED) is 0.168. The van der Waals surface area contributed by atoms with Gasteiger partial charge >= 0.3 is 0 Å². The number of anilines is 3. The Kier molecular flexibility index (Phi) is 6.73. The number of nitrogens with zero attached hydrogens (tertiary/aromatic N) is 2. The first-order valence-corrected chi connectivity index (χ1v) is 18.7. The molecule has 0 aliphatic heterocycles. The fourth-order valence-electron chi connectivity index (χ4n) is 7.96. The molecule has 2 aromatic heterocycles. The van der Waals surface area contributed by atoms with Crippen LogP contribution in [0, 0.1) is 0 Å². The number of oxazole rings is 1. The van der Waals surface area contributed by atoms with Crippen LogP contribution >= 0.6 is 11.3 Å². The summed E-state index contributed by atoms with van der Waals surface area (Å²) in [6.07, 6.45) is 0. The van der Waals surface area contributed by atoms with E-state index >= 15 is 0 Å². The van der Waals surface area contributed by atoms with E-state index in [0.29, 0.717) is 5.89 Å². The first-order valence-electron chi connectivity index (χ1n) is 17.9. The fourth-order valence-corrected chi connectivity index (χ4v) is 9.21. The van der Waals surface area contributed by atoms with Crippen LogP contribution in [0.3, 0.4) is 0 Å². The van der Waals surface area contributed by atoms with Gasteiger partial charge in [-0.1, -0.05) is 115 Å². The lowest BCUT2D eigenvalue weighted by molar-refractivity contribution is 0.623. The first-order chi connectivity index (χ1) is 26.3. The molecule has 0 atom stereocenters. The van der Waals surface area contributed by atoms with Gasteiger partial charge in [0.1, 0.15) is 5.52 Å². The molecule has 0 saturated carbocycles. The number of benzene rings is 9. The lowest BCUT2D eigenvalue weighted by Gasteiger charge is -2.26. The number of aromatic nitrogens is 1. The van der Waals surface area contributed by atoms with Gasteiger partial charge in [0.05, 0.1) is 0 Å². The third-order valence-electron chi connectivity index (χ3n) is 10.4. The second-order valence-electron chi connectivity index (χ2n) is 13.5. The molecule has 0 aliphatic rings. The van der Waals surface area contributed by atoms with Gasteiger partial charge in [0.2, 0.25) is 5.89 Å². The molecule has 9 aromatic carbocycles. The predicted octanol–water partition coefficient (Wildman–Crippen LogP) is 14.5. The summed E-state index contributed by atoms with van der Waals surface area (Å²) in [5.74, 6) is 0.631. The van der Waals surface area contributed by atoms with E-state index in [4.69, 9.17) is 9.40 Å². The standard InChI is InChI=1S/C49H30N2OS/c1-4-12-31(13-5-1)40-28-35-16-10-11-19-39(35)48-46(40)42-30-38(25-27-44(42)53-48)51(36-17-8-3-9-18-36)37-24-22-32-20-21-33-23-26-43-47(45(33)41(32)29-37)52-49(50-43)34-14-6-2-7-15-34/h1-30H. The van der Waals surface area contributed by atoms with Crippen molar-refractivity contribution in [2.45, 2.75) is 0 Å². The molecule has 248 valence electrons. The van der Waals surface area contributed by atoms with Crippen molar-refractivity contribution in [1.82, 2.24) is 4.98 Å². The van der Waals surface area contributed by atoms with E-state index in [2.05, 4.69) is 157 Å². The third-order valence-corrected chi connectivity index (χ3v) is 11.6. The third kappa shape index (κ3) is 4.84. The maximum Gasteiger partial charge on any atom is 0.227 e. The van der Waals surface area contributed by atoms with Gasteiger partial charge in [-0.2, -0.15) is 0 Å². The molecule has 3 nitrogen and oxygen atoms in total. The lowest BCUT2D eigenvalue weighted by Crippen LogP contribution is -2.09. The van der Waals surface area contributed by atoms with Gasteiger partial charge in [-0.25, -0.2) is 4.98 Å². The molecular formula is C49H30N2OS. The molecule has 11 aromatic rings. The van der Waals surface area contributed by atoms with Crippen molar-refractivity contribution in [3.63, 3.8) is 0 Å². The van der Waals surface area contributed by atoms with E-state index in [1.807, 2.05) is 41.7 Å². The maximum absolute atomic E-state index is 6.58. The Hall–Kier alpha value is -6.75. The van der Waals surface area contributed by atoms with Crippen LogP contribution in [0.2, 0.25) is 0 Å². The van der Waals surface area contributed by atoms with Gasteiger partial charge in [0, 0.05) is 48.2 Å². The molecule has 2 heterocycles. The van der Waals surface area contributed by atoms with Crippen molar-refractivity contribution in [2.75, 3.05) is 4.90 Å². The fraction of sp³-hybridized carbons (Fsp3) is 0. The Labute approximate surface area is 309 Å². The highest BCUT2D eigenvalue weighted by molar-refractivity contribution is 7.26. The molecule has 0 bridgehead atoms. The average molecular weight is 695 g/mol. The highest BCUT2D eigenvalue weighted by atomic mass is 32.1. The summed E-state index contributed by atoms with van der Waals surface area (Å²) in [5.41, 5.74) is 8.38. The Morgan fingerprint density at radius 2 is 1.09 bits per heavy atom. The molecule has 0 saturated heterocycles. The second kappa shape index (κ2) is 11.9. The molecule has 11 rings (SSSR count). The number of para-hydroxylation sites is 1. The summed E-state index contributed by atoms with van der Waals surface area (Å²) in [6.45, 7) is 0. The topological polar surface area (TPSA) is 29.3 Å². The van der Waals surface area contributed by atoms with E-state index in [9.17, 15) is 0 Å². The predicted molar refractivity (Wildman–Crippen MR) is 225 cm³/mol. The van der Waals surface area contributed by atoms with E-state index in [-0.39, 0.29) is 0 Å². The summed E-state index contributed by atoms with van der Waals surface area (Å²) in [6, 6.07) is 65.1. The van der Waals surface area contributed by atoms with Gasteiger partial charge < -0.3 is 9.32 Å². The van der Waals surface area contributed by atoms with Crippen LogP contribution < -0.4 is 4.90 Å². The van der Waals surface area contributed by atoms with Gasteiger partial charge in [-0.3, -0.25) is 0 Å². The molecule has 0 radical (unpaired) electrons. The van der Waals surface area contributed by atoms with Gasteiger partial charge in [-0.15, -0.1) is 11.3 Å². The number of rotatable bonds is 5. The normalized spacial score (nSPS) is 11.8. The van der Waals surface area contributed by atoms with Crippen LogP contribution in [0.1, 0.15) is 0 Å². The second-order valence-corrected chi connectivity index (χ2v) is 14.6. The lowest BCUT2D eigenvalue weighted by atomic mass is 9.95. The van der Waals surface area contributed by atoms with Crippen LogP contribution in [0.4, 0.5) is 17.1 Å². The van der Waals surface area contributed by atoms with Crippen LogP contribution in [0.5, 0.6) is 0 Å². The van der Waals surface area contributed by atoms with Crippen LogP contribution in [0.15, 0.2) is 186 Å². The van der Waals surface area contributed by atoms with Crippen molar-refractivity contribution < 1.29 is 4.42 Å². The Balaban J connectivity index is 1.16. The monoisotopic (exact) mass is 694 g/mol. The van der Waals surface area contributed by atoms with Crippen LogP contribution in [-0.4, -0.2) is 4.98 Å². The minimum atomic E-state index is 0.631. The zero-order valence-corrected chi connectivity index (χ0v) is 29.3. The zero-order valence-electron chi connectivity index (χ0n) is 28.5. The van der Waals surface area contributed by atoms with Crippen molar-refractivity contribution in [2.24, 2.45) is 0 Å². The Bertz CT molecular complexity index is 3170. The maximum atomic E-state index is 6.58. The number of hydrogen-bond donors (Lipinski definition) is 0. The molecule has 0 aliphatic carbocycles. The van der Waals surface area contributed by atoms with Gasteiger partial charge in [-0.05, 0) is 105 Å². The minimum absolute atomic E-state index is 0.631. The van der Waals surface area contributed by atoms with E-state index < -0.39 is 0 Å². The van der Waals surface area contributed by atoms with Crippen molar-refractivity contribution in [3.8, 4) is 22.6 Å². The summed E-state index contributed by atoms with van der Waals surface area (Å²) in [4.78, 5) is 7.29. The number of fused-ring (bicyclic) bond motifs is 10. The highest BCUT2D eigenvalue weighted by Gasteiger charge is 2.20. The minimum Gasteiger partial charge on any atom is -0.435 e.